The van der Waals surface area contributed by atoms with Crippen molar-refractivity contribution in [3.8, 4) is 0 Å². The van der Waals surface area contributed by atoms with E-state index < -0.39 is 0 Å². The van der Waals surface area contributed by atoms with Crippen LogP contribution in [0.3, 0.4) is 0 Å². The maximum atomic E-state index is 12.9. The van der Waals surface area contributed by atoms with E-state index in [-0.39, 0.29) is 24.3 Å². The molecule has 3 aromatic rings. The van der Waals surface area contributed by atoms with Crippen LogP contribution in [0.2, 0.25) is 0 Å². The Balaban J connectivity index is 1.51. The highest BCUT2D eigenvalue weighted by molar-refractivity contribution is 5.73. The second-order valence-electron chi connectivity index (χ2n) is 7.30. The Morgan fingerprint density at radius 2 is 1.22 bits per heavy atom. The first-order valence-corrected chi connectivity index (χ1v) is 9.47. The van der Waals surface area contributed by atoms with Crippen LogP contribution in [0.15, 0.2) is 91.0 Å². The van der Waals surface area contributed by atoms with E-state index in [4.69, 9.17) is 4.74 Å². The number of ether oxygens (including phenoxy) is 1. The van der Waals surface area contributed by atoms with Gasteiger partial charge >= 0.3 is 6.09 Å². The van der Waals surface area contributed by atoms with Gasteiger partial charge in [-0.15, -0.1) is 0 Å². The number of amides is 1. The van der Waals surface area contributed by atoms with Crippen molar-refractivity contribution in [2.24, 2.45) is 0 Å². The number of hydrogen-bond acceptors (Lipinski definition) is 2. The number of cyclic esters (lactones) is 1. The lowest BCUT2D eigenvalue weighted by Gasteiger charge is -2.26. The fourth-order valence-electron chi connectivity index (χ4n) is 4.26. The summed E-state index contributed by atoms with van der Waals surface area (Å²) >= 11 is 0. The van der Waals surface area contributed by atoms with Gasteiger partial charge in [0.05, 0.1) is 0 Å². The number of rotatable bonds is 4. The van der Waals surface area contributed by atoms with Crippen molar-refractivity contribution in [1.29, 1.82) is 0 Å². The molecule has 0 spiro atoms. The van der Waals surface area contributed by atoms with Gasteiger partial charge in [-0.2, -0.15) is 0 Å². The highest BCUT2D eigenvalue weighted by Gasteiger charge is 2.54. The smallest absolute Gasteiger partial charge is 0.411 e. The second kappa shape index (κ2) is 6.58. The first-order chi connectivity index (χ1) is 13.3. The molecular weight excluding hydrogens is 334 g/mol. The summed E-state index contributed by atoms with van der Waals surface area (Å²) in [6.45, 7) is 0. The molecule has 0 bridgehead atoms. The van der Waals surface area contributed by atoms with E-state index in [9.17, 15) is 4.79 Å². The average molecular weight is 355 g/mol. The standard InChI is InChI=1S/C24H21NO2/c26-24-25(21-16-20(21)17-10-4-1-5-11-17)22(18-12-6-2-7-13-18)23(27-24)19-14-8-3-9-15-19/h1-15,20-23H,16H2/t20-,21+,22-,23+/m0/s1. The van der Waals surface area contributed by atoms with E-state index in [1.807, 2.05) is 59.5 Å². The first-order valence-electron chi connectivity index (χ1n) is 9.47. The molecule has 4 atom stereocenters. The third-order valence-corrected chi connectivity index (χ3v) is 5.64. The minimum absolute atomic E-state index is 0.0974. The maximum Gasteiger partial charge on any atom is 0.411 e. The highest BCUT2D eigenvalue weighted by Crippen LogP contribution is 2.53. The summed E-state index contributed by atoms with van der Waals surface area (Å²) in [6.07, 6.45) is 0.503. The van der Waals surface area contributed by atoms with Crippen LogP contribution in [0.4, 0.5) is 4.79 Å². The quantitative estimate of drug-likeness (QED) is 0.620. The topological polar surface area (TPSA) is 29.5 Å². The van der Waals surface area contributed by atoms with Crippen molar-refractivity contribution >= 4 is 6.09 Å². The zero-order chi connectivity index (χ0) is 18.2. The molecule has 1 saturated heterocycles. The zero-order valence-electron chi connectivity index (χ0n) is 14.9. The molecule has 3 heteroatoms. The Morgan fingerprint density at radius 1 is 0.704 bits per heavy atom. The summed E-state index contributed by atoms with van der Waals surface area (Å²) in [5.74, 6) is 0.388. The van der Waals surface area contributed by atoms with Crippen LogP contribution in [0, 0.1) is 0 Å². The molecule has 1 aliphatic heterocycles. The van der Waals surface area contributed by atoms with Crippen LogP contribution in [0.5, 0.6) is 0 Å². The van der Waals surface area contributed by atoms with Gasteiger partial charge in [0.2, 0.25) is 0 Å². The molecule has 3 aromatic carbocycles. The predicted molar refractivity (Wildman–Crippen MR) is 104 cm³/mol. The van der Waals surface area contributed by atoms with Crippen molar-refractivity contribution < 1.29 is 9.53 Å². The molecule has 0 aromatic heterocycles. The number of carbonyl (C=O) groups excluding carboxylic acids is 1. The van der Waals surface area contributed by atoms with Crippen molar-refractivity contribution in [2.75, 3.05) is 0 Å². The zero-order valence-corrected chi connectivity index (χ0v) is 14.9. The van der Waals surface area contributed by atoms with Crippen molar-refractivity contribution in [1.82, 2.24) is 4.90 Å². The van der Waals surface area contributed by atoms with Gasteiger partial charge in [0.15, 0.2) is 6.10 Å². The molecule has 0 radical (unpaired) electrons. The highest BCUT2D eigenvalue weighted by atomic mass is 16.6. The van der Waals surface area contributed by atoms with Crippen molar-refractivity contribution in [3.63, 3.8) is 0 Å². The van der Waals surface area contributed by atoms with E-state index in [1.165, 1.54) is 5.56 Å². The first kappa shape index (κ1) is 16.1. The summed E-state index contributed by atoms with van der Waals surface area (Å²) < 4.78 is 5.90. The number of benzene rings is 3. The fourth-order valence-corrected chi connectivity index (χ4v) is 4.26. The van der Waals surface area contributed by atoms with Gasteiger partial charge < -0.3 is 4.74 Å². The van der Waals surface area contributed by atoms with Gasteiger partial charge in [0.25, 0.3) is 0 Å². The van der Waals surface area contributed by atoms with Gasteiger partial charge in [-0.3, -0.25) is 4.90 Å². The SMILES string of the molecule is O=C1O[C@H](c2ccccc2)[C@H](c2ccccc2)N1[C@@H]1C[C@H]1c1ccccc1. The molecule has 2 fully saturated rings. The Hall–Kier alpha value is -3.07. The average Bonchev–Trinajstić information content (AvgIpc) is 3.45. The third-order valence-electron chi connectivity index (χ3n) is 5.64. The second-order valence-corrected chi connectivity index (χ2v) is 7.30. The summed E-state index contributed by atoms with van der Waals surface area (Å²) in [4.78, 5) is 14.9. The molecule has 3 nitrogen and oxygen atoms in total. The van der Waals surface area contributed by atoms with E-state index in [2.05, 4.69) is 36.4 Å². The van der Waals surface area contributed by atoms with Crippen LogP contribution < -0.4 is 0 Å². The van der Waals surface area contributed by atoms with Crippen LogP contribution in [-0.2, 0) is 4.74 Å². The molecule has 5 rings (SSSR count). The van der Waals surface area contributed by atoms with Crippen LogP contribution in [0.1, 0.15) is 41.2 Å². The molecule has 1 heterocycles. The Labute approximate surface area is 159 Å². The molecule has 134 valence electrons. The molecular formula is C24H21NO2. The predicted octanol–water partition coefficient (Wildman–Crippen LogP) is 5.48. The van der Waals surface area contributed by atoms with Crippen LogP contribution in [0.25, 0.3) is 0 Å². The van der Waals surface area contributed by atoms with Gasteiger partial charge in [-0.25, -0.2) is 4.79 Å². The molecule has 1 aliphatic carbocycles. The fraction of sp³-hybridized carbons (Fsp3) is 0.208. The lowest BCUT2D eigenvalue weighted by Crippen LogP contribution is -2.31. The monoisotopic (exact) mass is 355 g/mol. The summed E-state index contributed by atoms with van der Waals surface area (Å²) in [5.41, 5.74) is 3.46. The normalized spacial score (nSPS) is 26.7. The third kappa shape index (κ3) is 2.89. The molecule has 1 amide bonds. The van der Waals surface area contributed by atoms with E-state index in [0.717, 1.165) is 17.5 Å². The van der Waals surface area contributed by atoms with Gasteiger partial charge in [-0.05, 0) is 23.1 Å². The Bertz CT molecular complexity index is 926. The Kier molecular flexibility index (Phi) is 3.93. The van der Waals surface area contributed by atoms with E-state index in [1.54, 1.807) is 0 Å². The molecule has 1 saturated carbocycles. The molecule has 27 heavy (non-hydrogen) atoms. The Morgan fingerprint density at radius 3 is 1.81 bits per heavy atom. The van der Waals surface area contributed by atoms with Crippen LogP contribution >= 0.6 is 0 Å². The van der Waals surface area contributed by atoms with Gasteiger partial charge in [0.1, 0.15) is 6.04 Å². The molecule has 2 aliphatic rings. The largest absolute Gasteiger partial charge is 0.439 e. The van der Waals surface area contributed by atoms with Crippen molar-refractivity contribution in [3.05, 3.63) is 108 Å². The summed E-state index contributed by atoms with van der Waals surface area (Å²) in [7, 11) is 0. The molecule has 0 N–H and O–H groups in total. The lowest BCUT2D eigenvalue weighted by molar-refractivity contribution is 0.129. The van der Waals surface area contributed by atoms with Gasteiger partial charge in [0, 0.05) is 12.0 Å². The number of carbonyl (C=O) groups is 1. The van der Waals surface area contributed by atoms with E-state index in [0.29, 0.717) is 5.92 Å². The minimum atomic E-state index is -0.280. The van der Waals surface area contributed by atoms with Gasteiger partial charge in [-0.1, -0.05) is 91.0 Å². The minimum Gasteiger partial charge on any atom is -0.439 e. The van der Waals surface area contributed by atoms with Crippen LogP contribution in [-0.4, -0.2) is 17.0 Å². The van der Waals surface area contributed by atoms with Crippen molar-refractivity contribution in [2.45, 2.75) is 30.5 Å². The summed E-state index contributed by atoms with van der Waals surface area (Å²) in [5, 5.41) is 0. The maximum absolute atomic E-state index is 12.9. The number of nitrogens with zero attached hydrogens (tertiary/aromatic N) is 1. The molecule has 0 unspecified atom stereocenters. The lowest BCUT2D eigenvalue weighted by atomic mass is 9.95. The van der Waals surface area contributed by atoms with E-state index >= 15 is 0 Å². The summed E-state index contributed by atoms with van der Waals surface area (Å²) in [6, 6.07) is 30.9. The number of hydrogen-bond donors (Lipinski definition) is 0.